The molecule has 0 saturated carbocycles. The molecule has 0 bridgehead atoms. The fourth-order valence-corrected chi connectivity index (χ4v) is 2.15. The van der Waals surface area contributed by atoms with Crippen molar-refractivity contribution < 1.29 is 0 Å². The number of rotatable bonds is 4. The number of hydrogen-bond donors (Lipinski definition) is 1. The number of hydrogen-bond acceptors (Lipinski definition) is 3. The molecule has 2 N–H and O–H groups in total. The topological polar surface area (TPSA) is 42.2 Å². The zero-order chi connectivity index (χ0) is 13.0. The molecule has 0 atom stereocenters. The zero-order valence-electron chi connectivity index (χ0n) is 10.9. The van der Waals surface area contributed by atoms with Gasteiger partial charge in [-0.2, -0.15) is 0 Å². The summed E-state index contributed by atoms with van der Waals surface area (Å²) in [6.07, 6.45) is 3.72. The Morgan fingerprint density at radius 3 is 2.56 bits per heavy atom. The predicted octanol–water partition coefficient (Wildman–Crippen LogP) is 2.49. The Balaban J connectivity index is 2.21. The monoisotopic (exact) mass is 241 g/mol. The van der Waals surface area contributed by atoms with E-state index in [1.54, 1.807) is 0 Å². The van der Waals surface area contributed by atoms with Crippen LogP contribution in [0.15, 0.2) is 42.7 Å². The van der Waals surface area contributed by atoms with Gasteiger partial charge >= 0.3 is 0 Å². The molecule has 0 unspecified atom stereocenters. The average Bonchev–Trinajstić information content (AvgIpc) is 2.39. The van der Waals surface area contributed by atoms with E-state index in [9.17, 15) is 0 Å². The summed E-state index contributed by atoms with van der Waals surface area (Å²) in [6.45, 7) is 3.52. The van der Waals surface area contributed by atoms with E-state index in [4.69, 9.17) is 5.73 Å². The Hall–Kier alpha value is -1.87. The number of aryl methyl sites for hydroxylation is 1. The first-order valence-corrected chi connectivity index (χ1v) is 6.11. The van der Waals surface area contributed by atoms with E-state index >= 15 is 0 Å². The minimum Gasteiger partial charge on any atom is -0.370 e. The Labute approximate surface area is 108 Å². The Morgan fingerprint density at radius 2 is 1.89 bits per heavy atom. The van der Waals surface area contributed by atoms with Crippen molar-refractivity contribution in [1.29, 1.82) is 0 Å². The molecule has 2 aromatic rings. The summed E-state index contributed by atoms with van der Waals surface area (Å²) in [6, 6.07) is 10.4. The average molecular weight is 241 g/mol. The van der Waals surface area contributed by atoms with E-state index in [0.29, 0.717) is 6.54 Å². The van der Waals surface area contributed by atoms with Gasteiger partial charge < -0.3 is 10.6 Å². The molecule has 0 aliphatic heterocycles. The molecule has 0 radical (unpaired) electrons. The predicted molar refractivity (Wildman–Crippen MR) is 75.4 cm³/mol. The third-order valence-electron chi connectivity index (χ3n) is 3.15. The summed E-state index contributed by atoms with van der Waals surface area (Å²) in [5, 5.41) is 0. The highest BCUT2D eigenvalue weighted by molar-refractivity contribution is 5.51. The molecule has 0 fully saturated rings. The van der Waals surface area contributed by atoms with E-state index in [-0.39, 0.29) is 0 Å². The van der Waals surface area contributed by atoms with E-state index in [1.165, 1.54) is 22.4 Å². The number of nitrogens with two attached hydrogens (primary N) is 1. The van der Waals surface area contributed by atoms with Gasteiger partial charge in [0.15, 0.2) is 0 Å². The second-order valence-electron chi connectivity index (χ2n) is 4.49. The molecule has 0 aliphatic rings. The molecule has 2 rings (SSSR count). The van der Waals surface area contributed by atoms with Crippen LogP contribution < -0.4 is 10.6 Å². The van der Waals surface area contributed by atoms with Gasteiger partial charge in [-0.15, -0.1) is 0 Å². The van der Waals surface area contributed by atoms with Crippen LogP contribution in [0.4, 0.5) is 5.69 Å². The first-order valence-electron chi connectivity index (χ1n) is 6.11. The fourth-order valence-electron chi connectivity index (χ4n) is 2.15. The van der Waals surface area contributed by atoms with Crippen LogP contribution in [-0.2, 0) is 13.1 Å². The smallest absolute Gasteiger partial charge is 0.0429 e. The normalized spacial score (nSPS) is 10.4. The van der Waals surface area contributed by atoms with Gasteiger partial charge in [0.2, 0.25) is 0 Å². The molecule has 0 saturated heterocycles. The summed E-state index contributed by atoms with van der Waals surface area (Å²) in [4.78, 5) is 6.35. The van der Waals surface area contributed by atoms with Gasteiger partial charge in [0.1, 0.15) is 0 Å². The Bertz CT molecular complexity index is 523. The molecule has 18 heavy (non-hydrogen) atoms. The van der Waals surface area contributed by atoms with Crippen molar-refractivity contribution in [3.05, 3.63) is 59.4 Å². The van der Waals surface area contributed by atoms with Crippen molar-refractivity contribution in [1.82, 2.24) is 4.98 Å². The molecule has 3 nitrogen and oxygen atoms in total. The van der Waals surface area contributed by atoms with Crippen LogP contribution in [0, 0.1) is 6.92 Å². The number of anilines is 1. The first-order chi connectivity index (χ1) is 8.72. The van der Waals surface area contributed by atoms with Gasteiger partial charge in [-0.05, 0) is 29.7 Å². The molecular formula is C15H19N3. The fraction of sp³-hybridized carbons (Fsp3) is 0.267. The van der Waals surface area contributed by atoms with E-state index in [2.05, 4.69) is 42.1 Å². The van der Waals surface area contributed by atoms with Crippen molar-refractivity contribution in [2.45, 2.75) is 20.0 Å². The van der Waals surface area contributed by atoms with Crippen LogP contribution in [0.2, 0.25) is 0 Å². The quantitative estimate of drug-likeness (QED) is 0.894. The molecule has 1 aromatic heterocycles. The summed E-state index contributed by atoms with van der Waals surface area (Å²) < 4.78 is 0. The molecule has 94 valence electrons. The molecule has 0 spiro atoms. The number of pyridine rings is 1. The molecule has 3 heteroatoms. The maximum Gasteiger partial charge on any atom is 0.0429 e. The lowest BCUT2D eigenvalue weighted by molar-refractivity contribution is 0.888. The van der Waals surface area contributed by atoms with Gasteiger partial charge in [0.05, 0.1) is 0 Å². The lowest BCUT2D eigenvalue weighted by Gasteiger charge is -2.22. The van der Waals surface area contributed by atoms with Crippen molar-refractivity contribution in [2.24, 2.45) is 5.73 Å². The first kappa shape index (κ1) is 12.6. The van der Waals surface area contributed by atoms with Crippen LogP contribution >= 0.6 is 0 Å². The molecule has 0 amide bonds. The summed E-state index contributed by atoms with van der Waals surface area (Å²) in [7, 11) is 2.09. The van der Waals surface area contributed by atoms with Crippen LogP contribution in [-0.4, -0.2) is 12.0 Å². The van der Waals surface area contributed by atoms with Gasteiger partial charge in [-0.25, -0.2) is 0 Å². The highest BCUT2D eigenvalue weighted by Crippen LogP contribution is 2.20. The maximum absolute atomic E-state index is 5.77. The molecule has 1 heterocycles. The standard InChI is InChI=1S/C15H19N3/c1-12-10-17-8-7-15(12)18(2)11-14-6-4-3-5-13(14)9-16/h3-8,10H,9,11,16H2,1-2H3. The second-order valence-corrected chi connectivity index (χ2v) is 4.49. The van der Waals surface area contributed by atoms with Gasteiger partial charge in [0.25, 0.3) is 0 Å². The maximum atomic E-state index is 5.77. The van der Waals surface area contributed by atoms with E-state index in [1.807, 2.05) is 24.5 Å². The van der Waals surface area contributed by atoms with Crippen molar-refractivity contribution in [2.75, 3.05) is 11.9 Å². The number of aromatic nitrogens is 1. The van der Waals surface area contributed by atoms with E-state index in [0.717, 1.165) is 6.54 Å². The van der Waals surface area contributed by atoms with Crippen molar-refractivity contribution in [3.8, 4) is 0 Å². The Kier molecular flexibility index (Phi) is 3.95. The van der Waals surface area contributed by atoms with Gasteiger partial charge in [0, 0.05) is 38.2 Å². The summed E-state index contributed by atoms with van der Waals surface area (Å²) in [5.74, 6) is 0. The number of nitrogens with zero attached hydrogens (tertiary/aromatic N) is 2. The minimum absolute atomic E-state index is 0.583. The SMILES string of the molecule is Cc1cnccc1N(C)Cc1ccccc1CN. The van der Waals surface area contributed by atoms with Crippen LogP contribution in [0.1, 0.15) is 16.7 Å². The third kappa shape index (κ3) is 2.68. The lowest BCUT2D eigenvalue weighted by Crippen LogP contribution is -2.19. The van der Waals surface area contributed by atoms with Crippen molar-refractivity contribution in [3.63, 3.8) is 0 Å². The summed E-state index contributed by atoms with van der Waals surface area (Å²) >= 11 is 0. The largest absolute Gasteiger partial charge is 0.370 e. The van der Waals surface area contributed by atoms with Crippen LogP contribution in [0.5, 0.6) is 0 Å². The molecule has 1 aromatic carbocycles. The van der Waals surface area contributed by atoms with E-state index < -0.39 is 0 Å². The van der Waals surface area contributed by atoms with Crippen LogP contribution in [0.25, 0.3) is 0 Å². The molecule has 0 aliphatic carbocycles. The zero-order valence-corrected chi connectivity index (χ0v) is 10.9. The van der Waals surface area contributed by atoms with Gasteiger partial charge in [-0.3, -0.25) is 4.98 Å². The highest BCUT2D eigenvalue weighted by Gasteiger charge is 2.07. The number of benzene rings is 1. The van der Waals surface area contributed by atoms with Crippen molar-refractivity contribution >= 4 is 5.69 Å². The third-order valence-corrected chi connectivity index (χ3v) is 3.15. The van der Waals surface area contributed by atoms with Gasteiger partial charge in [-0.1, -0.05) is 24.3 Å². The highest BCUT2D eigenvalue weighted by atomic mass is 15.1. The summed E-state index contributed by atoms with van der Waals surface area (Å²) in [5.41, 5.74) is 10.6. The lowest BCUT2D eigenvalue weighted by atomic mass is 10.1. The van der Waals surface area contributed by atoms with Crippen LogP contribution in [0.3, 0.4) is 0 Å². The Morgan fingerprint density at radius 1 is 1.17 bits per heavy atom. The minimum atomic E-state index is 0.583. The second kappa shape index (κ2) is 5.65. The molecular weight excluding hydrogens is 222 g/mol.